The number of anilines is 1. The zero-order valence-corrected chi connectivity index (χ0v) is 15.9. The van der Waals surface area contributed by atoms with Crippen LogP contribution in [0.15, 0.2) is 66.9 Å². The first-order valence-electron chi connectivity index (χ1n) is 8.38. The molecule has 0 saturated carbocycles. The van der Waals surface area contributed by atoms with E-state index in [0.717, 1.165) is 11.1 Å². The maximum Gasteiger partial charge on any atom is 0.224 e. The van der Waals surface area contributed by atoms with E-state index in [1.807, 2.05) is 54.6 Å². The number of carbonyl (C=O) groups excluding carboxylic acids is 1. The van der Waals surface area contributed by atoms with E-state index in [2.05, 4.69) is 22.1 Å². The Hall–Kier alpha value is -2.80. The van der Waals surface area contributed by atoms with Gasteiger partial charge in [-0.15, -0.1) is 0 Å². The van der Waals surface area contributed by atoms with Crippen molar-refractivity contribution in [3.8, 4) is 11.8 Å². The lowest BCUT2D eigenvalue weighted by molar-refractivity contribution is -0.116. The smallest absolute Gasteiger partial charge is 0.224 e. The van der Waals surface area contributed by atoms with Gasteiger partial charge in [0.15, 0.2) is 0 Å². The largest absolute Gasteiger partial charge is 0.326 e. The van der Waals surface area contributed by atoms with Crippen molar-refractivity contribution in [2.45, 2.75) is 12.8 Å². The lowest BCUT2D eigenvalue weighted by Crippen LogP contribution is -2.12. The highest BCUT2D eigenvalue weighted by molar-refractivity contribution is 6.42. The Bertz CT molecular complexity index is 1010. The van der Waals surface area contributed by atoms with Gasteiger partial charge in [-0.1, -0.05) is 53.4 Å². The molecule has 0 unspecified atom stereocenters. The second-order valence-electron chi connectivity index (χ2n) is 5.81. The highest BCUT2D eigenvalue weighted by Crippen LogP contribution is 2.26. The maximum atomic E-state index is 12.2. The maximum absolute atomic E-state index is 12.2. The van der Waals surface area contributed by atoms with Crippen LogP contribution in [0.25, 0.3) is 0 Å². The van der Waals surface area contributed by atoms with E-state index in [1.54, 1.807) is 12.3 Å². The number of rotatable bonds is 4. The molecule has 2 aromatic carbocycles. The van der Waals surface area contributed by atoms with Crippen LogP contribution in [0.2, 0.25) is 10.0 Å². The molecule has 1 heterocycles. The van der Waals surface area contributed by atoms with E-state index in [1.165, 1.54) is 0 Å². The molecular weight excluding hydrogens is 379 g/mol. The summed E-state index contributed by atoms with van der Waals surface area (Å²) in [4.78, 5) is 16.4. The minimum absolute atomic E-state index is 0.0964. The molecular formula is C22H16Cl2N2O. The van der Waals surface area contributed by atoms with Gasteiger partial charge in [-0.05, 0) is 54.3 Å². The Morgan fingerprint density at radius 2 is 1.85 bits per heavy atom. The van der Waals surface area contributed by atoms with Gasteiger partial charge >= 0.3 is 0 Å². The number of benzene rings is 2. The van der Waals surface area contributed by atoms with E-state index in [0.29, 0.717) is 34.3 Å². The fourth-order valence-corrected chi connectivity index (χ4v) is 2.88. The standard InChI is InChI=1S/C22H16Cl2N2O/c23-20-9-4-6-17(22(20)24)11-13-21(27)26-19-8-3-5-16(15-19)10-12-18-7-1-2-14-25-18/h1-9,14-15H,11,13H2,(H,26,27). The number of hydrogen-bond donors (Lipinski definition) is 1. The first-order chi connectivity index (χ1) is 13.1. The van der Waals surface area contributed by atoms with Crippen molar-refractivity contribution in [1.29, 1.82) is 0 Å². The predicted octanol–water partition coefficient (Wildman–Crippen LogP) is 5.36. The summed E-state index contributed by atoms with van der Waals surface area (Å²) in [6.45, 7) is 0. The molecule has 0 atom stereocenters. The van der Waals surface area contributed by atoms with Crippen molar-refractivity contribution in [1.82, 2.24) is 4.98 Å². The third kappa shape index (κ3) is 5.59. The molecule has 3 nitrogen and oxygen atoms in total. The summed E-state index contributed by atoms with van der Waals surface area (Å²) in [6.07, 6.45) is 2.53. The number of aryl methyl sites for hydroxylation is 1. The first-order valence-corrected chi connectivity index (χ1v) is 9.13. The molecule has 0 fully saturated rings. The van der Waals surface area contributed by atoms with Gasteiger partial charge < -0.3 is 5.32 Å². The number of pyridine rings is 1. The minimum atomic E-state index is -0.0964. The van der Waals surface area contributed by atoms with Gasteiger partial charge in [-0.2, -0.15) is 0 Å². The molecule has 0 aliphatic rings. The van der Waals surface area contributed by atoms with Crippen LogP contribution < -0.4 is 5.32 Å². The molecule has 134 valence electrons. The second-order valence-corrected chi connectivity index (χ2v) is 6.59. The number of nitrogens with one attached hydrogen (secondary N) is 1. The van der Waals surface area contributed by atoms with E-state index in [4.69, 9.17) is 23.2 Å². The van der Waals surface area contributed by atoms with Crippen molar-refractivity contribution in [2.75, 3.05) is 5.32 Å². The van der Waals surface area contributed by atoms with Crippen LogP contribution >= 0.6 is 23.2 Å². The van der Waals surface area contributed by atoms with Gasteiger partial charge in [0.05, 0.1) is 10.0 Å². The van der Waals surface area contributed by atoms with Crippen LogP contribution in [-0.2, 0) is 11.2 Å². The summed E-state index contributed by atoms with van der Waals surface area (Å²) >= 11 is 12.2. The Kier molecular flexibility index (Phi) is 6.49. The average Bonchev–Trinajstić information content (AvgIpc) is 2.69. The molecule has 3 aromatic rings. The monoisotopic (exact) mass is 394 g/mol. The van der Waals surface area contributed by atoms with Crippen molar-refractivity contribution >= 4 is 34.8 Å². The SMILES string of the molecule is O=C(CCc1cccc(Cl)c1Cl)Nc1cccc(C#Cc2ccccn2)c1. The lowest BCUT2D eigenvalue weighted by Gasteiger charge is -2.07. The lowest BCUT2D eigenvalue weighted by atomic mass is 10.1. The minimum Gasteiger partial charge on any atom is -0.326 e. The Morgan fingerprint density at radius 1 is 1.00 bits per heavy atom. The van der Waals surface area contributed by atoms with Crippen molar-refractivity contribution in [3.63, 3.8) is 0 Å². The van der Waals surface area contributed by atoms with Gasteiger partial charge in [0.25, 0.3) is 0 Å². The van der Waals surface area contributed by atoms with E-state index >= 15 is 0 Å². The molecule has 3 rings (SSSR count). The summed E-state index contributed by atoms with van der Waals surface area (Å²) in [5.41, 5.74) is 3.06. The molecule has 5 heteroatoms. The van der Waals surface area contributed by atoms with Crippen molar-refractivity contribution in [3.05, 3.63) is 93.7 Å². The first kappa shape index (κ1) is 19.0. The normalized spacial score (nSPS) is 10.0. The van der Waals surface area contributed by atoms with Gasteiger partial charge in [-0.3, -0.25) is 4.79 Å². The number of aromatic nitrogens is 1. The van der Waals surface area contributed by atoms with Crippen molar-refractivity contribution in [2.24, 2.45) is 0 Å². The molecule has 0 bridgehead atoms. The third-order valence-electron chi connectivity index (χ3n) is 3.80. The Morgan fingerprint density at radius 3 is 2.67 bits per heavy atom. The zero-order valence-electron chi connectivity index (χ0n) is 14.4. The zero-order chi connectivity index (χ0) is 19.1. The number of amides is 1. The highest BCUT2D eigenvalue weighted by atomic mass is 35.5. The van der Waals surface area contributed by atoms with E-state index < -0.39 is 0 Å². The molecule has 0 aliphatic carbocycles. The topological polar surface area (TPSA) is 42.0 Å². The van der Waals surface area contributed by atoms with Crippen LogP contribution in [0.5, 0.6) is 0 Å². The average molecular weight is 395 g/mol. The van der Waals surface area contributed by atoms with Gasteiger partial charge in [-0.25, -0.2) is 4.98 Å². The van der Waals surface area contributed by atoms with Crippen LogP contribution in [-0.4, -0.2) is 10.9 Å². The Balaban J connectivity index is 1.61. The summed E-state index contributed by atoms with van der Waals surface area (Å²) in [5.74, 6) is 5.95. The molecule has 0 aliphatic heterocycles. The van der Waals surface area contributed by atoms with E-state index in [9.17, 15) is 4.79 Å². The predicted molar refractivity (Wildman–Crippen MR) is 110 cm³/mol. The summed E-state index contributed by atoms with van der Waals surface area (Å²) in [7, 11) is 0. The fraction of sp³-hybridized carbons (Fsp3) is 0.0909. The molecule has 0 radical (unpaired) electrons. The number of hydrogen-bond acceptors (Lipinski definition) is 2. The molecule has 1 N–H and O–H groups in total. The van der Waals surface area contributed by atoms with E-state index in [-0.39, 0.29) is 5.91 Å². The van der Waals surface area contributed by atoms with Crippen LogP contribution in [0.4, 0.5) is 5.69 Å². The second kappa shape index (κ2) is 9.23. The van der Waals surface area contributed by atoms with Crippen molar-refractivity contribution < 1.29 is 4.79 Å². The Labute approximate surface area is 168 Å². The summed E-state index contributed by atoms with van der Waals surface area (Å²) < 4.78 is 0. The summed E-state index contributed by atoms with van der Waals surface area (Å²) in [5, 5.41) is 3.88. The van der Waals surface area contributed by atoms with Crippen LogP contribution in [0.3, 0.4) is 0 Å². The molecule has 1 aromatic heterocycles. The van der Waals surface area contributed by atoms with Gasteiger partial charge in [0.2, 0.25) is 5.91 Å². The van der Waals surface area contributed by atoms with Gasteiger partial charge in [0.1, 0.15) is 5.69 Å². The highest BCUT2D eigenvalue weighted by Gasteiger charge is 2.08. The molecule has 27 heavy (non-hydrogen) atoms. The van der Waals surface area contributed by atoms with Crippen LogP contribution in [0, 0.1) is 11.8 Å². The molecule has 0 saturated heterocycles. The third-order valence-corrected chi connectivity index (χ3v) is 4.66. The number of nitrogens with zero attached hydrogens (tertiary/aromatic N) is 1. The molecule has 0 spiro atoms. The quantitative estimate of drug-likeness (QED) is 0.605. The summed E-state index contributed by atoms with van der Waals surface area (Å²) in [6, 6.07) is 18.4. The fourth-order valence-electron chi connectivity index (χ4n) is 2.46. The van der Waals surface area contributed by atoms with Crippen LogP contribution in [0.1, 0.15) is 23.2 Å². The number of halogens is 2. The van der Waals surface area contributed by atoms with Gasteiger partial charge in [0, 0.05) is 23.9 Å². The number of carbonyl (C=O) groups is 1. The molecule has 1 amide bonds.